The second-order valence-corrected chi connectivity index (χ2v) is 7.62. The highest BCUT2D eigenvalue weighted by molar-refractivity contribution is 7.98. The second-order valence-electron chi connectivity index (χ2n) is 5.40. The Kier molecular flexibility index (Phi) is 4.70. The van der Waals surface area contributed by atoms with Crippen molar-refractivity contribution in [2.24, 2.45) is 0 Å². The maximum absolute atomic E-state index is 13.2. The number of thiophene rings is 1. The zero-order valence-corrected chi connectivity index (χ0v) is 15.3. The van der Waals surface area contributed by atoms with Gasteiger partial charge < -0.3 is 0 Å². The molecule has 2 aromatic carbocycles. The zero-order valence-electron chi connectivity index (χ0n) is 12.9. The molecule has 124 valence electrons. The fraction of sp³-hybridized carbons (Fsp3) is 0.0526. The van der Waals surface area contributed by atoms with E-state index < -0.39 is 0 Å². The number of benzene rings is 2. The summed E-state index contributed by atoms with van der Waals surface area (Å²) >= 11 is 9.45. The molecule has 0 bridgehead atoms. The van der Waals surface area contributed by atoms with Gasteiger partial charge in [-0.1, -0.05) is 41.9 Å². The smallest absolute Gasteiger partial charge is 0.128 e. The van der Waals surface area contributed by atoms with Gasteiger partial charge in [-0.3, -0.25) is 0 Å². The van der Waals surface area contributed by atoms with Crippen LogP contribution in [0.15, 0.2) is 65.3 Å². The first-order valence-corrected chi connectivity index (χ1v) is 9.81. The van der Waals surface area contributed by atoms with E-state index >= 15 is 0 Å². The van der Waals surface area contributed by atoms with E-state index in [0.717, 1.165) is 42.7 Å². The molecular weight excluding hydrogens is 375 g/mol. The van der Waals surface area contributed by atoms with Crippen LogP contribution < -0.4 is 0 Å². The van der Waals surface area contributed by atoms with Crippen LogP contribution >= 0.6 is 34.7 Å². The molecule has 0 N–H and O–H groups in total. The molecule has 0 atom stereocenters. The third kappa shape index (κ3) is 3.40. The lowest BCUT2D eigenvalue weighted by Gasteiger charge is -2.06. The van der Waals surface area contributed by atoms with Crippen LogP contribution in [-0.2, 0) is 5.75 Å². The first-order chi connectivity index (χ1) is 12.2. The number of rotatable bonds is 4. The molecule has 0 aliphatic rings. The van der Waals surface area contributed by atoms with Crippen LogP contribution in [0.25, 0.3) is 21.3 Å². The number of hydrogen-bond acceptors (Lipinski definition) is 4. The van der Waals surface area contributed by atoms with E-state index in [2.05, 4.69) is 9.97 Å². The van der Waals surface area contributed by atoms with Gasteiger partial charge in [-0.15, -0.1) is 23.1 Å². The van der Waals surface area contributed by atoms with Gasteiger partial charge in [0.05, 0.1) is 5.39 Å². The molecule has 0 radical (unpaired) electrons. The lowest BCUT2D eigenvalue weighted by molar-refractivity contribution is 0.628. The minimum Gasteiger partial charge on any atom is -0.229 e. The molecule has 0 amide bonds. The van der Waals surface area contributed by atoms with Gasteiger partial charge in [0, 0.05) is 21.7 Å². The first-order valence-electron chi connectivity index (χ1n) is 7.57. The number of fused-ring (bicyclic) bond motifs is 1. The molecule has 0 aliphatic carbocycles. The molecule has 0 saturated heterocycles. The molecule has 4 rings (SSSR count). The van der Waals surface area contributed by atoms with Crippen molar-refractivity contribution >= 4 is 44.9 Å². The SMILES string of the molecule is Fc1ccc(-c2csc3ncnc(SCc4ccccc4Cl)c23)cc1. The lowest BCUT2D eigenvalue weighted by Crippen LogP contribution is -1.88. The van der Waals surface area contributed by atoms with Crippen LogP contribution in [0.4, 0.5) is 4.39 Å². The quantitative estimate of drug-likeness (QED) is 0.298. The molecule has 0 aliphatic heterocycles. The monoisotopic (exact) mass is 386 g/mol. The molecule has 0 spiro atoms. The van der Waals surface area contributed by atoms with E-state index in [4.69, 9.17) is 11.6 Å². The van der Waals surface area contributed by atoms with Gasteiger partial charge in [0.25, 0.3) is 0 Å². The minimum absolute atomic E-state index is 0.243. The second kappa shape index (κ2) is 7.12. The Labute approximate surface area is 157 Å². The van der Waals surface area contributed by atoms with Crippen molar-refractivity contribution in [1.29, 1.82) is 0 Å². The molecule has 2 aromatic heterocycles. The fourth-order valence-corrected chi connectivity index (χ4v) is 4.84. The summed E-state index contributed by atoms with van der Waals surface area (Å²) < 4.78 is 13.2. The number of aromatic nitrogens is 2. The number of nitrogens with zero attached hydrogens (tertiary/aromatic N) is 2. The summed E-state index contributed by atoms with van der Waals surface area (Å²) in [6.07, 6.45) is 1.59. The van der Waals surface area contributed by atoms with E-state index in [1.54, 1.807) is 41.6 Å². The summed E-state index contributed by atoms with van der Waals surface area (Å²) in [7, 11) is 0. The van der Waals surface area contributed by atoms with E-state index in [9.17, 15) is 4.39 Å². The molecule has 6 heteroatoms. The third-order valence-electron chi connectivity index (χ3n) is 3.81. The van der Waals surface area contributed by atoms with Crippen molar-refractivity contribution < 1.29 is 4.39 Å². The van der Waals surface area contributed by atoms with Crippen LogP contribution in [0.5, 0.6) is 0 Å². The van der Waals surface area contributed by atoms with Crippen molar-refractivity contribution in [2.75, 3.05) is 0 Å². The van der Waals surface area contributed by atoms with Gasteiger partial charge in [0.2, 0.25) is 0 Å². The molecule has 0 unspecified atom stereocenters. The third-order valence-corrected chi connectivity index (χ3v) is 6.11. The molecule has 25 heavy (non-hydrogen) atoms. The maximum atomic E-state index is 13.2. The molecule has 0 saturated carbocycles. The van der Waals surface area contributed by atoms with Gasteiger partial charge in [-0.05, 0) is 29.3 Å². The largest absolute Gasteiger partial charge is 0.229 e. The normalized spacial score (nSPS) is 11.1. The predicted octanol–water partition coefficient (Wildman–Crippen LogP) is 6.44. The summed E-state index contributed by atoms with van der Waals surface area (Å²) in [5.41, 5.74) is 3.06. The van der Waals surface area contributed by atoms with Crippen LogP contribution in [0.1, 0.15) is 5.56 Å². The first kappa shape index (κ1) is 16.5. The van der Waals surface area contributed by atoms with Crippen molar-refractivity contribution in [2.45, 2.75) is 10.8 Å². The highest BCUT2D eigenvalue weighted by Crippen LogP contribution is 2.39. The number of halogens is 2. The fourth-order valence-electron chi connectivity index (χ4n) is 2.56. The average molecular weight is 387 g/mol. The Morgan fingerprint density at radius 3 is 2.64 bits per heavy atom. The lowest BCUT2D eigenvalue weighted by atomic mass is 10.1. The van der Waals surface area contributed by atoms with Crippen molar-refractivity contribution in [3.05, 3.63) is 76.6 Å². The van der Waals surface area contributed by atoms with Crippen LogP contribution in [0.2, 0.25) is 5.02 Å². The van der Waals surface area contributed by atoms with E-state index in [1.807, 2.05) is 29.6 Å². The summed E-state index contributed by atoms with van der Waals surface area (Å²) in [6.45, 7) is 0. The number of hydrogen-bond donors (Lipinski definition) is 0. The number of thioether (sulfide) groups is 1. The van der Waals surface area contributed by atoms with E-state index in [1.165, 1.54) is 12.1 Å². The molecule has 4 aromatic rings. The molecule has 0 fully saturated rings. The molecular formula is C19H12ClFN2S2. The molecule has 2 nitrogen and oxygen atoms in total. The standard InChI is InChI=1S/C19H12ClFN2S2/c20-16-4-2-1-3-13(16)9-24-18-17-15(10-25-19(17)23-11-22-18)12-5-7-14(21)8-6-12/h1-8,10-11H,9H2. The minimum atomic E-state index is -0.243. The maximum Gasteiger partial charge on any atom is 0.128 e. The van der Waals surface area contributed by atoms with Crippen molar-refractivity contribution in [3.8, 4) is 11.1 Å². The Balaban J connectivity index is 1.73. The summed E-state index contributed by atoms with van der Waals surface area (Å²) in [6, 6.07) is 14.3. The van der Waals surface area contributed by atoms with Crippen LogP contribution in [-0.4, -0.2) is 9.97 Å². The van der Waals surface area contributed by atoms with Gasteiger partial charge in [-0.2, -0.15) is 0 Å². The summed E-state index contributed by atoms with van der Waals surface area (Å²) in [5, 5.41) is 4.72. The van der Waals surface area contributed by atoms with Crippen LogP contribution in [0.3, 0.4) is 0 Å². The Morgan fingerprint density at radius 2 is 1.84 bits per heavy atom. The van der Waals surface area contributed by atoms with Gasteiger partial charge in [0.15, 0.2) is 0 Å². The van der Waals surface area contributed by atoms with Gasteiger partial charge in [-0.25, -0.2) is 14.4 Å². The predicted molar refractivity (Wildman–Crippen MR) is 104 cm³/mol. The van der Waals surface area contributed by atoms with Gasteiger partial charge in [0.1, 0.15) is 22.0 Å². The Hall–Kier alpha value is -1.95. The Morgan fingerprint density at radius 1 is 1.04 bits per heavy atom. The van der Waals surface area contributed by atoms with Crippen LogP contribution in [0, 0.1) is 5.82 Å². The van der Waals surface area contributed by atoms with Gasteiger partial charge >= 0.3 is 0 Å². The average Bonchev–Trinajstić information content (AvgIpc) is 3.06. The zero-order chi connectivity index (χ0) is 17.2. The summed E-state index contributed by atoms with van der Waals surface area (Å²) in [5.74, 6) is 0.484. The topological polar surface area (TPSA) is 25.8 Å². The molecule has 2 heterocycles. The highest BCUT2D eigenvalue weighted by Gasteiger charge is 2.14. The Bertz CT molecular complexity index is 1030. The van der Waals surface area contributed by atoms with E-state index in [0.29, 0.717) is 0 Å². The van der Waals surface area contributed by atoms with E-state index in [-0.39, 0.29) is 5.82 Å². The van der Waals surface area contributed by atoms with Crippen molar-refractivity contribution in [3.63, 3.8) is 0 Å². The summed E-state index contributed by atoms with van der Waals surface area (Å²) in [4.78, 5) is 9.77. The highest BCUT2D eigenvalue weighted by atomic mass is 35.5. The van der Waals surface area contributed by atoms with Crippen molar-refractivity contribution in [1.82, 2.24) is 9.97 Å².